The van der Waals surface area contributed by atoms with Gasteiger partial charge in [0.15, 0.2) is 17.5 Å². The summed E-state index contributed by atoms with van der Waals surface area (Å²) in [6, 6.07) is 7.68. The van der Waals surface area contributed by atoms with Crippen molar-refractivity contribution in [1.82, 2.24) is 10.2 Å². The Labute approximate surface area is 139 Å². The predicted molar refractivity (Wildman–Crippen MR) is 86.7 cm³/mol. The molecule has 1 aliphatic rings. The van der Waals surface area contributed by atoms with Crippen LogP contribution in [0.1, 0.15) is 18.4 Å². The van der Waals surface area contributed by atoms with E-state index in [-0.39, 0.29) is 17.3 Å². The smallest absolute Gasteiger partial charge is 0.151 e. The predicted octanol–water partition coefficient (Wildman–Crippen LogP) is 2.73. The van der Waals surface area contributed by atoms with Gasteiger partial charge in [-0.1, -0.05) is 0 Å². The highest BCUT2D eigenvalue weighted by atomic mass is 19.1. The number of nitrogens with zero attached hydrogens (tertiary/aromatic N) is 5. The Morgan fingerprint density at radius 2 is 2.12 bits per heavy atom. The Morgan fingerprint density at radius 1 is 1.38 bits per heavy atom. The quantitative estimate of drug-likeness (QED) is 0.863. The van der Waals surface area contributed by atoms with Crippen molar-refractivity contribution in [3.05, 3.63) is 47.7 Å². The number of aromatic nitrogens is 2. The molecule has 1 aromatic heterocycles. The van der Waals surface area contributed by atoms with Crippen molar-refractivity contribution < 1.29 is 8.78 Å². The standard InChI is InChI=1S/C17H17F2N5/c1-23(17-14(18)8-12(10-20)9-15(17)19)11-13-4-3-7-24(13)16-5-2-6-21-22-16/h2,5-6,8-9,13H,3-4,7,11H2,1H3. The van der Waals surface area contributed by atoms with E-state index in [1.54, 1.807) is 24.2 Å². The van der Waals surface area contributed by atoms with Gasteiger partial charge in [-0.25, -0.2) is 8.78 Å². The monoisotopic (exact) mass is 329 g/mol. The zero-order chi connectivity index (χ0) is 17.1. The van der Waals surface area contributed by atoms with Crippen LogP contribution in [0.25, 0.3) is 0 Å². The van der Waals surface area contributed by atoms with Gasteiger partial charge in [0, 0.05) is 32.4 Å². The topological polar surface area (TPSA) is 56.1 Å². The van der Waals surface area contributed by atoms with Crippen LogP contribution in [0.2, 0.25) is 0 Å². The minimum absolute atomic E-state index is 0.0239. The zero-order valence-corrected chi connectivity index (χ0v) is 13.3. The normalized spacial score (nSPS) is 16.9. The molecule has 124 valence electrons. The third-order valence-electron chi connectivity index (χ3n) is 4.24. The maximum absolute atomic E-state index is 14.2. The number of benzene rings is 1. The summed E-state index contributed by atoms with van der Waals surface area (Å²) in [7, 11) is 1.65. The van der Waals surface area contributed by atoms with Gasteiger partial charge in [-0.3, -0.25) is 0 Å². The maximum atomic E-state index is 14.2. The summed E-state index contributed by atoms with van der Waals surface area (Å²) in [5, 5.41) is 16.8. The molecule has 0 saturated carbocycles. The lowest BCUT2D eigenvalue weighted by Crippen LogP contribution is -2.40. The summed E-state index contributed by atoms with van der Waals surface area (Å²) in [6.07, 6.45) is 3.52. The first kappa shape index (κ1) is 16.1. The highest BCUT2D eigenvalue weighted by molar-refractivity contribution is 5.53. The molecule has 0 radical (unpaired) electrons. The number of likely N-dealkylation sites (N-methyl/N-ethyl adjacent to an activating group) is 1. The molecule has 2 heterocycles. The van der Waals surface area contributed by atoms with E-state index in [2.05, 4.69) is 15.1 Å². The van der Waals surface area contributed by atoms with Gasteiger partial charge in [0.2, 0.25) is 0 Å². The van der Waals surface area contributed by atoms with E-state index in [9.17, 15) is 8.78 Å². The first-order chi connectivity index (χ1) is 11.6. The second-order valence-corrected chi connectivity index (χ2v) is 5.85. The zero-order valence-electron chi connectivity index (χ0n) is 13.3. The van der Waals surface area contributed by atoms with Crippen molar-refractivity contribution in [2.75, 3.05) is 29.9 Å². The summed E-state index contributed by atoms with van der Waals surface area (Å²) in [6.45, 7) is 1.30. The van der Waals surface area contributed by atoms with Gasteiger partial charge in [-0.2, -0.15) is 10.4 Å². The molecule has 1 aromatic carbocycles. The molecular formula is C17H17F2N5. The van der Waals surface area contributed by atoms with Crippen LogP contribution in [0.3, 0.4) is 0 Å². The molecular weight excluding hydrogens is 312 g/mol. The van der Waals surface area contributed by atoms with E-state index in [4.69, 9.17) is 5.26 Å². The van der Waals surface area contributed by atoms with Gasteiger partial charge < -0.3 is 9.80 Å². The summed E-state index contributed by atoms with van der Waals surface area (Å²) >= 11 is 0. The fourth-order valence-electron chi connectivity index (χ4n) is 3.18. The number of hydrogen-bond donors (Lipinski definition) is 0. The van der Waals surface area contributed by atoms with Crippen LogP contribution in [0.4, 0.5) is 20.3 Å². The number of halogens is 2. The highest BCUT2D eigenvalue weighted by Crippen LogP contribution is 2.28. The van der Waals surface area contributed by atoms with Crippen molar-refractivity contribution in [1.29, 1.82) is 5.26 Å². The Kier molecular flexibility index (Phi) is 4.56. The lowest BCUT2D eigenvalue weighted by molar-refractivity contribution is 0.565. The molecule has 1 unspecified atom stereocenters. The average Bonchev–Trinajstić information content (AvgIpc) is 3.03. The van der Waals surface area contributed by atoms with Crippen LogP contribution in [-0.2, 0) is 0 Å². The molecule has 0 N–H and O–H groups in total. The number of hydrogen-bond acceptors (Lipinski definition) is 5. The molecule has 1 saturated heterocycles. The van der Waals surface area contributed by atoms with Gasteiger partial charge in [0.25, 0.3) is 0 Å². The van der Waals surface area contributed by atoms with Crippen LogP contribution in [-0.4, -0.2) is 36.4 Å². The summed E-state index contributed by atoms with van der Waals surface area (Å²) in [4.78, 5) is 3.67. The van der Waals surface area contributed by atoms with Crippen LogP contribution < -0.4 is 9.80 Å². The maximum Gasteiger partial charge on any atom is 0.151 e. The Morgan fingerprint density at radius 3 is 2.75 bits per heavy atom. The molecule has 5 nitrogen and oxygen atoms in total. The van der Waals surface area contributed by atoms with Crippen LogP contribution in [0.15, 0.2) is 30.5 Å². The molecule has 0 amide bonds. The lowest BCUT2D eigenvalue weighted by Gasteiger charge is -2.30. The largest absolute Gasteiger partial charge is 0.368 e. The molecule has 0 aliphatic carbocycles. The fraction of sp³-hybridized carbons (Fsp3) is 0.353. The van der Waals surface area contributed by atoms with E-state index in [1.807, 2.05) is 12.1 Å². The summed E-state index contributed by atoms with van der Waals surface area (Å²) in [5.74, 6) is -0.676. The molecule has 7 heteroatoms. The molecule has 1 atom stereocenters. The minimum Gasteiger partial charge on any atom is -0.368 e. The Balaban J connectivity index is 1.80. The van der Waals surface area contributed by atoms with E-state index >= 15 is 0 Å². The third kappa shape index (κ3) is 3.13. The second kappa shape index (κ2) is 6.79. The summed E-state index contributed by atoms with van der Waals surface area (Å²) < 4.78 is 28.3. The second-order valence-electron chi connectivity index (χ2n) is 5.85. The molecule has 0 spiro atoms. The first-order valence-electron chi connectivity index (χ1n) is 7.74. The highest BCUT2D eigenvalue weighted by Gasteiger charge is 2.28. The molecule has 3 rings (SSSR count). The fourth-order valence-corrected chi connectivity index (χ4v) is 3.18. The minimum atomic E-state index is -0.724. The Hall–Kier alpha value is -2.75. The molecule has 2 aromatic rings. The van der Waals surface area contributed by atoms with Crippen LogP contribution in [0, 0.1) is 23.0 Å². The van der Waals surface area contributed by atoms with Gasteiger partial charge in [-0.05, 0) is 37.1 Å². The van der Waals surface area contributed by atoms with E-state index < -0.39 is 11.6 Å². The van der Waals surface area contributed by atoms with Crippen molar-refractivity contribution in [3.8, 4) is 6.07 Å². The average molecular weight is 329 g/mol. The Bertz CT molecular complexity index is 736. The van der Waals surface area contributed by atoms with E-state index in [0.29, 0.717) is 6.54 Å². The molecule has 1 aliphatic heterocycles. The molecule has 1 fully saturated rings. The van der Waals surface area contributed by atoms with Crippen LogP contribution in [0.5, 0.6) is 0 Å². The van der Waals surface area contributed by atoms with Crippen molar-refractivity contribution in [2.24, 2.45) is 0 Å². The van der Waals surface area contributed by atoms with Crippen molar-refractivity contribution in [2.45, 2.75) is 18.9 Å². The van der Waals surface area contributed by atoms with Gasteiger partial charge in [0.05, 0.1) is 11.6 Å². The number of anilines is 2. The van der Waals surface area contributed by atoms with Gasteiger partial charge in [-0.15, -0.1) is 5.10 Å². The van der Waals surface area contributed by atoms with Gasteiger partial charge >= 0.3 is 0 Å². The lowest BCUT2D eigenvalue weighted by atomic mass is 10.1. The van der Waals surface area contributed by atoms with E-state index in [1.165, 1.54) is 0 Å². The van der Waals surface area contributed by atoms with Crippen molar-refractivity contribution in [3.63, 3.8) is 0 Å². The summed E-state index contributed by atoms with van der Waals surface area (Å²) in [5.41, 5.74) is -0.135. The number of rotatable bonds is 4. The van der Waals surface area contributed by atoms with Crippen molar-refractivity contribution >= 4 is 11.5 Å². The van der Waals surface area contributed by atoms with Crippen LogP contribution >= 0.6 is 0 Å². The van der Waals surface area contributed by atoms with E-state index in [0.717, 1.165) is 37.3 Å². The SMILES string of the molecule is CN(CC1CCCN1c1cccnn1)c1c(F)cc(C#N)cc1F. The molecule has 0 bridgehead atoms. The number of nitriles is 1. The first-order valence-corrected chi connectivity index (χ1v) is 7.74. The molecule has 24 heavy (non-hydrogen) atoms. The third-order valence-corrected chi connectivity index (χ3v) is 4.24. The van der Waals surface area contributed by atoms with Gasteiger partial charge in [0.1, 0.15) is 5.69 Å².